The highest BCUT2D eigenvalue weighted by atomic mass is 16.1. The van der Waals surface area contributed by atoms with Crippen molar-refractivity contribution in [2.45, 2.75) is 25.9 Å². The smallest absolute Gasteiger partial charge is 0.225 e. The molecule has 1 fully saturated rings. The third-order valence-electron chi connectivity index (χ3n) is 5.08. The van der Waals surface area contributed by atoms with Crippen molar-refractivity contribution >= 4 is 11.7 Å². The zero-order valence-corrected chi connectivity index (χ0v) is 15.7. The predicted molar refractivity (Wildman–Crippen MR) is 107 cm³/mol. The number of nitrogens with zero attached hydrogens (tertiary/aromatic N) is 5. The number of amides is 1. The fraction of sp³-hybridized carbons (Fsp3) is 0.333. The molecule has 7 heteroatoms. The maximum atomic E-state index is 12.6. The summed E-state index contributed by atoms with van der Waals surface area (Å²) in [5, 5.41) is 3.09. The summed E-state index contributed by atoms with van der Waals surface area (Å²) in [6.45, 7) is 2.95. The molecule has 1 saturated heterocycles. The van der Waals surface area contributed by atoms with Gasteiger partial charge >= 0.3 is 0 Å². The molecule has 0 saturated carbocycles. The Labute approximate surface area is 164 Å². The van der Waals surface area contributed by atoms with Crippen molar-refractivity contribution in [3.63, 3.8) is 0 Å². The molecule has 1 aromatic carbocycles. The Morgan fingerprint density at radius 3 is 2.71 bits per heavy atom. The van der Waals surface area contributed by atoms with Gasteiger partial charge in [-0.3, -0.25) is 9.78 Å². The minimum Gasteiger partial charge on any atom is -0.355 e. The predicted octanol–water partition coefficient (Wildman–Crippen LogP) is 2.25. The first-order valence-corrected chi connectivity index (χ1v) is 9.60. The van der Waals surface area contributed by atoms with E-state index in [1.807, 2.05) is 17.1 Å². The molecule has 1 N–H and O–H groups in total. The number of rotatable bonds is 6. The Hall–Kier alpha value is -3.22. The van der Waals surface area contributed by atoms with Gasteiger partial charge in [-0.15, -0.1) is 0 Å². The number of aromatic nitrogens is 4. The van der Waals surface area contributed by atoms with Gasteiger partial charge in [-0.1, -0.05) is 24.3 Å². The van der Waals surface area contributed by atoms with Crippen molar-refractivity contribution < 1.29 is 4.79 Å². The van der Waals surface area contributed by atoms with E-state index in [1.165, 1.54) is 5.56 Å². The third-order valence-corrected chi connectivity index (χ3v) is 5.08. The molecule has 144 valence electrons. The van der Waals surface area contributed by atoms with E-state index in [2.05, 4.69) is 49.4 Å². The minimum atomic E-state index is -0.0173. The van der Waals surface area contributed by atoms with Crippen molar-refractivity contribution in [2.75, 3.05) is 18.0 Å². The van der Waals surface area contributed by atoms with Crippen LogP contribution in [0.15, 0.2) is 61.6 Å². The van der Waals surface area contributed by atoms with Crippen LogP contribution in [0.5, 0.6) is 0 Å². The molecule has 3 aromatic rings. The number of hydrogen-bond acceptors (Lipinski definition) is 5. The molecule has 0 spiro atoms. The monoisotopic (exact) mass is 376 g/mol. The van der Waals surface area contributed by atoms with Crippen molar-refractivity contribution in [2.24, 2.45) is 5.92 Å². The van der Waals surface area contributed by atoms with Crippen molar-refractivity contribution in [1.29, 1.82) is 0 Å². The normalized spacial score (nSPS) is 16.7. The highest BCUT2D eigenvalue weighted by Crippen LogP contribution is 2.21. The molecule has 3 heterocycles. The number of carbonyl (C=O) groups excluding carboxylic acids is 1. The van der Waals surface area contributed by atoms with Crippen LogP contribution >= 0.6 is 0 Å². The van der Waals surface area contributed by atoms with E-state index < -0.39 is 0 Å². The van der Waals surface area contributed by atoms with Gasteiger partial charge in [0.25, 0.3) is 0 Å². The van der Waals surface area contributed by atoms with Crippen LogP contribution in [0, 0.1) is 5.92 Å². The van der Waals surface area contributed by atoms with E-state index in [4.69, 9.17) is 0 Å². The number of imidazole rings is 1. The largest absolute Gasteiger partial charge is 0.355 e. The first-order valence-electron chi connectivity index (χ1n) is 9.60. The lowest BCUT2D eigenvalue weighted by atomic mass is 9.97. The Morgan fingerprint density at radius 2 is 1.96 bits per heavy atom. The Bertz CT molecular complexity index is 879. The molecule has 0 bridgehead atoms. The molecule has 1 aliphatic rings. The Kier molecular flexibility index (Phi) is 5.61. The molecule has 1 atom stereocenters. The average molecular weight is 376 g/mol. The molecule has 28 heavy (non-hydrogen) atoms. The summed E-state index contributed by atoms with van der Waals surface area (Å²) in [7, 11) is 0. The lowest BCUT2D eigenvalue weighted by Gasteiger charge is -2.32. The third kappa shape index (κ3) is 4.54. The fourth-order valence-corrected chi connectivity index (χ4v) is 3.54. The maximum absolute atomic E-state index is 12.6. The van der Waals surface area contributed by atoms with Crippen LogP contribution in [-0.4, -0.2) is 38.5 Å². The standard InChI is InChI=1S/C21H24N6O/c28-21(19-2-1-10-27(15-19)20-13-22-7-8-24-20)25-12-17-3-5-18(6-4-17)14-26-11-9-23-16-26/h3-9,11,13,16,19H,1-2,10,12,14-15H2,(H,25,28)/t19-/m0/s1. The van der Waals surface area contributed by atoms with Gasteiger partial charge in [0, 0.05) is 51.0 Å². The molecule has 0 aliphatic carbocycles. The lowest BCUT2D eigenvalue weighted by molar-refractivity contribution is -0.125. The highest BCUT2D eigenvalue weighted by Gasteiger charge is 2.26. The van der Waals surface area contributed by atoms with Crippen molar-refractivity contribution in [1.82, 2.24) is 24.8 Å². The number of piperidine rings is 1. The first kappa shape index (κ1) is 18.2. The SMILES string of the molecule is O=C(NCc1ccc(Cn2ccnc2)cc1)[C@H]1CCCN(c2cnccn2)C1. The van der Waals surface area contributed by atoms with Crippen LogP contribution in [0.2, 0.25) is 0 Å². The molecule has 1 aliphatic heterocycles. The van der Waals surface area contributed by atoms with Gasteiger partial charge in [0.05, 0.1) is 18.4 Å². The van der Waals surface area contributed by atoms with Crippen LogP contribution in [0.1, 0.15) is 24.0 Å². The summed E-state index contributed by atoms with van der Waals surface area (Å²) in [5.74, 6) is 0.931. The summed E-state index contributed by atoms with van der Waals surface area (Å²) in [4.78, 5) is 27.3. The second-order valence-corrected chi connectivity index (χ2v) is 7.12. The lowest BCUT2D eigenvalue weighted by Crippen LogP contribution is -2.43. The highest BCUT2D eigenvalue weighted by molar-refractivity contribution is 5.79. The zero-order chi connectivity index (χ0) is 19.2. The number of anilines is 1. The summed E-state index contributed by atoms with van der Waals surface area (Å²) < 4.78 is 2.03. The van der Waals surface area contributed by atoms with Crippen molar-refractivity contribution in [3.05, 3.63) is 72.7 Å². The van der Waals surface area contributed by atoms with Crippen LogP contribution < -0.4 is 10.2 Å². The topological polar surface area (TPSA) is 75.9 Å². The van der Waals surface area contributed by atoms with Crippen molar-refractivity contribution in [3.8, 4) is 0 Å². The van der Waals surface area contributed by atoms with Gasteiger partial charge in [0.2, 0.25) is 5.91 Å². The van der Waals surface area contributed by atoms with E-state index in [-0.39, 0.29) is 11.8 Å². The number of nitrogens with one attached hydrogen (secondary N) is 1. The molecule has 2 aromatic heterocycles. The quantitative estimate of drug-likeness (QED) is 0.714. The first-order chi connectivity index (χ1) is 13.8. The molecular weight excluding hydrogens is 352 g/mol. The minimum absolute atomic E-state index is 0.0173. The van der Waals surface area contributed by atoms with E-state index in [0.29, 0.717) is 13.1 Å². The van der Waals surface area contributed by atoms with E-state index in [0.717, 1.165) is 37.3 Å². The van der Waals surface area contributed by atoms with Crippen LogP contribution in [0.3, 0.4) is 0 Å². The molecular formula is C21H24N6O. The summed E-state index contributed by atoms with van der Waals surface area (Å²) in [6.07, 6.45) is 12.5. The second-order valence-electron chi connectivity index (χ2n) is 7.12. The fourth-order valence-electron chi connectivity index (χ4n) is 3.54. The summed E-state index contributed by atoms with van der Waals surface area (Å²) in [6, 6.07) is 8.33. The summed E-state index contributed by atoms with van der Waals surface area (Å²) in [5.41, 5.74) is 2.31. The maximum Gasteiger partial charge on any atom is 0.225 e. The Morgan fingerprint density at radius 1 is 1.11 bits per heavy atom. The Balaban J connectivity index is 1.29. The second kappa shape index (κ2) is 8.65. The van der Waals surface area contributed by atoms with E-state index in [9.17, 15) is 4.79 Å². The molecule has 1 amide bonds. The van der Waals surface area contributed by atoms with Gasteiger partial charge in [0.1, 0.15) is 5.82 Å². The molecule has 0 unspecified atom stereocenters. The molecule has 4 rings (SSSR count). The van der Waals surface area contributed by atoms with Gasteiger partial charge in [0.15, 0.2) is 0 Å². The molecule has 0 radical (unpaired) electrons. The van der Waals surface area contributed by atoms with Gasteiger partial charge in [-0.2, -0.15) is 0 Å². The number of carbonyl (C=O) groups is 1. The van der Waals surface area contributed by atoms with E-state index in [1.54, 1.807) is 24.8 Å². The van der Waals surface area contributed by atoms with Gasteiger partial charge < -0.3 is 14.8 Å². The molecule has 7 nitrogen and oxygen atoms in total. The summed E-state index contributed by atoms with van der Waals surface area (Å²) >= 11 is 0. The van der Waals surface area contributed by atoms with Gasteiger partial charge in [-0.05, 0) is 24.0 Å². The zero-order valence-electron chi connectivity index (χ0n) is 15.7. The van der Waals surface area contributed by atoms with Crippen LogP contribution in [0.4, 0.5) is 5.82 Å². The average Bonchev–Trinajstić information content (AvgIpc) is 3.27. The van der Waals surface area contributed by atoms with Crippen LogP contribution in [-0.2, 0) is 17.9 Å². The van der Waals surface area contributed by atoms with Crippen LogP contribution in [0.25, 0.3) is 0 Å². The number of hydrogen-bond donors (Lipinski definition) is 1. The van der Waals surface area contributed by atoms with E-state index >= 15 is 0 Å². The van der Waals surface area contributed by atoms with Gasteiger partial charge in [-0.25, -0.2) is 9.97 Å². The number of benzene rings is 1.